The third-order valence-corrected chi connectivity index (χ3v) is 9.05. The Balaban J connectivity index is 1.56. The van der Waals surface area contributed by atoms with Crippen molar-refractivity contribution in [3.8, 4) is 0 Å². The van der Waals surface area contributed by atoms with Crippen LogP contribution in [0.4, 0.5) is 0 Å². The number of halogens is 1. The summed E-state index contributed by atoms with van der Waals surface area (Å²) in [6, 6.07) is 3.77. The van der Waals surface area contributed by atoms with Crippen molar-refractivity contribution >= 4 is 38.9 Å². The first-order valence-corrected chi connectivity index (χ1v) is 11.8. The quantitative estimate of drug-likeness (QED) is 0.792. The van der Waals surface area contributed by atoms with Crippen molar-refractivity contribution in [1.82, 2.24) is 9.21 Å². The highest BCUT2D eigenvalue weighted by atomic mass is 35.5. The lowest BCUT2D eigenvalue weighted by atomic mass is 9.97. The zero-order valence-electron chi connectivity index (χ0n) is 15.3. The molecule has 0 saturated carbocycles. The van der Waals surface area contributed by atoms with Gasteiger partial charge >= 0.3 is 0 Å². The summed E-state index contributed by atoms with van der Waals surface area (Å²) in [6.45, 7) is 6.88. The summed E-state index contributed by atoms with van der Waals surface area (Å²) in [6.07, 6.45) is 3.32. The molecular weight excluding hydrogens is 394 g/mol. The molecule has 9 heteroatoms. The molecule has 2 saturated heterocycles. The highest BCUT2D eigenvalue weighted by Crippen LogP contribution is 2.28. The molecule has 146 valence electrons. The molecule has 0 aliphatic carbocycles. The second kappa shape index (κ2) is 8.14. The Morgan fingerprint density at radius 3 is 2.38 bits per heavy atom. The minimum atomic E-state index is -3.47. The van der Waals surface area contributed by atoms with Crippen LogP contribution in [0, 0.1) is 0 Å². The molecule has 2 fully saturated rings. The zero-order valence-corrected chi connectivity index (χ0v) is 17.7. The molecule has 2 aliphatic rings. The Labute approximate surface area is 164 Å². The molecule has 26 heavy (non-hydrogen) atoms. The van der Waals surface area contributed by atoms with E-state index in [1.54, 1.807) is 12.1 Å². The SMILES string of the molecule is C[C@@H]1CCC[C@@H](C)N1C(=O)C[NH+]1CCN(S(=O)(=O)c2ccc(Cl)s2)CC1. The van der Waals surface area contributed by atoms with Crippen LogP contribution >= 0.6 is 22.9 Å². The lowest BCUT2D eigenvalue weighted by molar-refractivity contribution is -0.896. The Morgan fingerprint density at radius 2 is 1.85 bits per heavy atom. The molecule has 1 aromatic rings. The predicted octanol–water partition coefficient (Wildman–Crippen LogP) is 1.08. The van der Waals surface area contributed by atoms with Crippen LogP contribution in [0.2, 0.25) is 4.34 Å². The molecule has 6 nitrogen and oxygen atoms in total. The Kier molecular flexibility index (Phi) is 6.29. The minimum absolute atomic E-state index is 0.195. The van der Waals surface area contributed by atoms with Gasteiger partial charge in [0.15, 0.2) is 6.54 Å². The number of nitrogens with zero attached hydrogens (tertiary/aromatic N) is 2. The smallest absolute Gasteiger partial charge is 0.278 e. The van der Waals surface area contributed by atoms with Gasteiger partial charge in [-0.2, -0.15) is 4.31 Å². The maximum Gasteiger partial charge on any atom is 0.278 e. The Morgan fingerprint density at radius 1 is 1.23 bits per heavy atom. The summed E-state index contributed by atoms with van der Waals surface area (Å²) in [7, 11) is -3.47. The van der Waals surface area contributed by atoms with Gasteiger partial charge in [-0.3, -0.25) is 4.79 Å². The van der Waals surface area contributed by atoms with E-state index >= 15 is 0 Å². The van der Waals surface area contributed by atoms with E-state index in [1.165, 1.54) is 10.7 Å². The fraction of sp³-hybridized carbons (Fsp3) is 0.706. The van der Waals surface area contributed by atoms with E-state index in [-0.39, 0.29) is 10.1 Å². The van der Waals surface area contributed by atoms with E-state index in [0.717, 1.165) is 29.1 Å². The number of piperazine rings is 1. The number of piperidine rings is 1. The van der Waals surface area contributed by atoms with Crippen LogP contribution in [0.25, 0.3) is 0 Å². The maximum absolute atomic E-state index is 12.8. The summed E-state index contributed by atoms with van der Waals surface area (Å²) >= 11 is 6.96. The van der Waals surface area contributed by atoms with E-state index < -0.39 is 10.0 Å². The summed E-state index contributed by atoms with van der Waals surface area (Å²) in [5.41, 5.74) is 0. The Bertz CT molecular complexity index is 734. The first-order valence-electron chi connectivity index (χ1n) is 9.19. The van der Waals surface area contributed by atoms with Gasteiger partial charge in [-0.1, -0.05) is 11.6 Å². The van der Waals surface area contributed by atoms with Crippen molar-refractivity contribution in [2.24, 2.45) is 0 Å². The minimum Gasteiger partial charge on any atom is -0.332 e. The van der Waals surface area contributed by atoms with Gasteiger partial charge < -0.3 is 9.80 Å². The third-order valence-electron chi connectivity index (χ3n) is 5.45. The standard InChI is InChI=1S/C17H26ClN3O3S2/c1-13-4-3-5-14(2)21(13)16(22)12-19-8-10-20(11-9-19)26(23,24)17-7-6-15(18)25-17/h6-7,13-14H,3-5,8-12H2,1-2H3/p+1/t13-,14-/m1/s1. The number of hydrogen-bond donors (Lipinski definition) is 1. The normalized spacial score (nSPS) is 26.2. The van der Waals surface area contributed by atoms with Crippen molar-refractivity contribution in [2.75, 3.05) is 32.7 Å². The second-order valence-corrected chi connectivity index (χ2v) is 11.2. The molecule has 2 atom stereocenters. The first-order chi connectivity index (χ1) is 12.3. The van der Waals surface area contributed by atoms with Crippen molar-refractivity contribution in [3.63, 3.8) is 0 Å². The van der Waals surface area contributed by atoms with Crippen LogP contribution in [-0.4, -0.2) is 68.3 Å². The lowest BCUT2D eigenvalue weighted by Gasteiger charge is -2.40. The largest absolute Gasteiger partial charge is 0.332 e. The fourth-order valence-corrected chi connectivity index (χ4v) is 7.08. The van der Waals surface area contributed by atoms with Gasteiger partial charge in [-0.25, -0.2) is 8.42 Å². The number of hydrogen-bond acceptors (Lipinski definition) is 4. The van der Waals surface area contributed by atoms with Gasteiger partial charge in [0.25, 0.3) is 15.9 Å². The Hall–Kier alpha value is -0.670. The van der Waals surface area contributed by atoms with Crippen LogP contribution in [0.1, 0.15) is 33.1 Å². The number of likely N-dealkylation sites (tertiary alicyclic amines) is 1. The average molecular weight is 421 g/mol. The second-order valence-electron chi connectivity index (χ2n) is 7.32. The molecule has 3 heterocycles. The number of carbonyl (C=O) groups is 1. The summed E-state index contributed by atoms with van der Waals surface area (Å²) in [4.78, 5) is 15.9. The fourth-order valence-electron chi connectivity index (χ4n) is 4.00. The van der Waals surface area contributed by atoms with E-state index in [2.05, 4.69) is 13.8 Å². The lowest BCUT2D eigenvalue weighted by Crippen LogP contribution is -3.15. The van der Waals surface area contributed by atoms with Crippen LogP contribution < -0.4 is 4.90 Å². The van der Waals surface area contributed by atoms with E-state index in [9.17, 15) is 13.2 Å². The van der Waals surface area contributed by atoms with E-state index in [0.29, 0.717) is 49.1 Å². The third kappa shape index (κ3) is 4.25. The van der Waals surface area contributed by atoms with Crippen LogP contribution in [0.3, 0.4) is 0 Å². The van der Waals surface area contributed by atoms with Gasteiger partial charge in [0, 0.05) is 12.1 Å². The summed E-state index contributed by atoms with van der Waals surface area (Å²) in [5, 5.41) is 0. The van der Waals surface area contributed by atoms with Crippen molar-refractivity contribution < 1.29 is 18.1 Å². The van der Waals surface area contributed by atoms with E-state index in [1.807, 2.05) is 4.90 Å². The van der Waals surface area contributed by atoms with Gasteiger partial charge in [0.2, 0.25) is 0 Å². The van der Waals surface area contributed by atoms with Crippen molar-refractivity contribution in [1.29, 1.82) is 0 Å². The predicted molar refractivity (Wildman–Crippen MR) is 103 cm³/mol. The molecule has 1 N–H and O–H groups in total. The van der Waals surface area contributed by atoms with Crippen LogP contribution in [0.5, 0.6) is 0 Å². The average Bonchev–Trinajstić information content (AvgIpc) is 3.02. The first kappa shape index (κ1) is 20.1. The molecule has 1 amide bonds. The number of amides is 1. The van der Waals surface area contributed by atoms with E-state index in [4.69, 9.17) is 11.6 Å². The molecule has 0 bridgehead atoms. The zero-order chi connectivity index (χ0) is 18.9. The molecule has 1 aromatic heterocycles. The topological polar surface area (TPSA) is 62.1 Å². The maximum atomic E-state index is 12.8. The van der Waals surface area contributed by atoms with Gasteiger partial charge in [-0.15, -0.1) is 11.3 Å². The number of thiophene rings is 1. The number of rotatable bonds is 4. The molecule has 0 radical (unpaired) electrons. The van der Waals surface area contributed by atoms with Crippen LogP contribution in [0.15, 0.2) is 16.3 Å². The van der Waals surface area contributed by atoms with Gasteiger partial charge in [-0.05, 0) is 45.2 Å². The molecule has 0 spiro atoms. The number of carbonyl (C=O) groups excluding carboxylic acids is 1. The molecule has 0 aromatic carbocycles. The highest BCUT2D eigenvalue weighted by molar-refractivity contribution is 7.91. The summed E-state index contributed by atoms with van der Waals surface area (Å²) in [5.74, 6) is 0.195. The number of nitrogens with one attached hydrogen (secondary N) is 1. The number of sulfonamides is 1. The molecular formula is C17H27ClN3O3S2+. The summed E-state index contributed by atoms with van der Waals surface area (Å²) < 4.78 is 27.6. The monoisotopic (exact) mass is 420 g/mol. The molecule has 3 rings (SSSR count). The van der Waals surface area contributed by atoms with Crippen LogP contribution in [-0.2, 0) is 14.8 Å². The van der Waals surface area contributed by atoms with Gasteiger partial charge in [0.05, 0.1) is 30.5 Å². The number of quaternary nitrogens is 1. The van der Waals surface area contributed by atoms with Crippen molar-refractivity contribution in [3.05, 3.63) is 16.5 Å². The van der Waals surface area contributed by atoms with Gasteiger partial charge in [0.1, 0.15) is 4.21 Å². The van der Waals surface area contributed by atoms with Crippen molar-refractivity contribution in [2.45, 2.75) is 49.4 Å². The molecule has 2 aliphatic heterocycles. The highest BCUT2D eigenvalue weighted by Gasteiger charge is 2.35. The molecule has 0 unspecified atom stereocenters.